The third-order valence-corrected chi connectivity index (χ3v) is 4.18. The van der Waals surface area contributed by atoms with Crippen molar-refractivity contribution in [1.82, 2.24) is 0 Å². The van der Waals surface area contributed by atoms with Gasteiger partial charge in [-0.3, -0.25) is 0 Å². The predicted octanol–water partition coefficient (Wildman–Crippen LogP) is 3.73. The van der Waals surface area contributed by atoms with Gasteiger partial charge in [0.15, 0.2) is 5.60 Å². The number of ether oxygens (including phenoxy) is 2. The number of rotatable bonds is 6. The Morgan fingerprint density at radius 2 is 1.85 bits per heavy atom. The quantitative estimate of drug-likeness (QED) is 0.587. The van der Waals surface area contributed by atoms with E-state index in [2.05, 4.69) is 45.0 Å². The second kappa shape index (κ2) is 5.57. The fraction of sp³-hybridized carbons (Fsp3) is 0.588. The van der Waals surface area contributed by atoms with Gasteiger partial charge in [0.25, 0.3) is 0 Å². The van der Waals surface area contributed by atoms with Gasteiger partial charge >= 0.3 is 5.97 Å². The van der Waals surface area contributed by atoms with Gasteiger partial charge in [0.2, 0.25) is 0 Å². The molecule has 1 aromatic rings. The van der Waals surface area contributed by atoms with Crippen LogP contribution in [0.2, 0.25) is 0 Å². The zero-order valence-corrected chi connectivity index (χ0v) is 12.9. The second-order valence-electron chi connectivity index (χ2n) is 5.45. The molecular formula is C17H24O3. The summed E-state index contributed by atoms with van der Waals surface area (Å²) in [6.07, 6.45) is 2.37. The van der Waals surface area contributed by atoms with Gasteiger partial charge in [0, 0.05) is 0 Å². The number of esters is 1. The van der Waals surface area contributed by atoms with Crippen molar-refractivity contribution in [1.29, 1.82) is 0 Å². The molecule has 0 aliphatic carbocycles. The van der Waals surface area contributed by atoms with E-state index in [0.717, 1.165) is 18.4 Å². The highest BCUT2D eigenvalue weighted by atomic mass is 16.7. The Labute approximate surface area is 121 Å². The highest BCUT2D eigenvalue weighted by Crippen LogP contribution is 2.61. The zero-order chi connectivity index (χ0) is 14.8. The Hall–Kier alpha value is -1.35. The monoisotopic (exact) mass is 276 g/mol. The van der Waals surface area contributed by atoms with Crippen LogP contribution >= 0.6 is 0 Å². The summed E-state index contributed by atoms with van der Waals surface area (Å²) < 4.78 is 11.3. The van der Waals surface area contributed by atoms with Gasteiger partial charge in [-0.15, -0.1) is 0 Å². The van der Waals surface area contributed by atoms with Gasteiger partial charge in [0.1, 0.15) is 5.60 Å². The molecule has 0 amide bonds. The maximum atomic E-state index is 12.4. The standard InChI is InChI=1S/C17H24O3/c1-5-12-17(15(18)19-7-3)16(6-2,20-17)14-10-8-13(4)9-11-14/h8-11H,5-7,12H2,1-4H3. The van der Waals surface area contributed by atoms with E-state index in [-0.39, 0.29) is 5.97 Å². The van der Waals surface area contributed by atoms with Crippen LogP contribution in [0.3, 0.4) is 0 Å². The molecule has 1 saturated heterocycles. The zero-order valence-electron chi connectivity index (χ0n) is 12.9. The smallest absolute Gasteiger partial charge is 0.341 e. The minimum atomic E-state index is -0.790. The first-order valence-corrected chi connectivity index (χ1v) is 7.50. The fourth-order valence-electron chi connectivity index (χ4n) is 3.11. The number of benzene rings is 1. The van der Waals surface area contributed by atoms with Gasteiger partial charge < -0.3 is 9.47 Å². The van der Waals surface area contributed by atoms with Crippen molar-refractivity contribution in [2.24, 2.45) is 0 Å². The van der Waals surface area contributed by atoms with Crippen LogP contribution in [0.25, 0.3) is 0 Å². The van der Waals surface area contributed by atoms with Crippen LogP contribution in [0.4, 0.5) is 0 Å². The minimum Gasteiger partial charge on any atom is -0.464 e. The third kappa shape index (κ3) is 2.14. The lowest BCUT2D eigenvalue weighted by Crippen LogP contribution is -2.34. The Kier molecular flexibility index (Phi) is 4.19. The molecule has 0 spiro atoms. The second-order valence-corrected chi connectivity index (χ2v) is 5.45. The van der Waals surface area contributed by atoms with Crippen LogP contribution in [0.5, 0.6) is 0 Å². The number of epoxide rings is 1. The molecule has 1 aliphatic rings. The van der Waals surface area contributed by atoms with Crippen LogP contribution in [-0.2, 0) is 19.9 Å². The number of hydrogen-bond acceptors (Lipinski definition) is 3. The van der Waals surface area contributed by atoms with Crippen LogP contribution in [-0.4, -0.2) is 18.2 Å². The summed E-state index contributed by atoms with van der Waals surface area (Å²) in [7, 11) is 0. The maximum Gasteiger partial charge on any atom is 0.341 e. The molecule has 2 rings (SSSR count). The van der Waals surface area contributed by atoms with Crippen LogP contribution in [0.1, 0.15) is 51.2 Å². The summed E-state index contributed by atoms with van der Waals surface area (Å²) in [6, 6.07) is 8.26. The molecule has 0 aromatic heterocycles. The van der Waals surface area contributed by atoms with E-state index in [0.29, 0.717) is 13.0 Å². The highest BCUT2D eigenvalue weighted by Gasteiger charge is 2.74. The molecule has 2 atom stereocenters. The molecule has 1 aliphatic heterocycles. The lowest BCUT2D eigenvalue weighted by Gasteiger charge is -2.18. The molecule has 1 heterocycles. The van der Waals surface area contributed by atoms with E-state index in [1.54, 1.807) is 0 Å². The van der Waals surface area contributed by atoms with Crippen molar-refractivity contribution in [3.8, 4) is 0 Å². The first-order valence-electron chi connectivity index (χ1n) is 7.50. The number of carbonyl (C=O) groups excluding carboxylic acids is 1. The molecule has 1 aromatic carbocycles. The lowest BCUT2D eigenvalue weighted by molar-refractivity contribution is -0.149. The molecular weight excluding hydrogens is 252 g/mol. The lowest BCUT2D eigenvalue weighted by atomic mass is 9.81. The summed E-state index contributed by atoms with van der Waals surface area (Å²) >= 11 is 0. The van der Waals surface area contributed by atoms with E-state index in [1.165, 1.54) is 5.56 Å². The molecule has 2 unspecified atom stereocenters. The first kappa shape index (κ1) is 15.0. The van der Waals surface area contributed by atoms with Crippen LogP contribution < -0.4 is 0 Å². The Morgan fingerprint density at radius 3 is 2.35 bits per heavy atom. The average molecular weight is 276 g/mol. The fourth-order valence-corrected chi connectivity index (χ4v) is 3.11. The topological polar surface area (TPSA) is 38.8 Å². The minimum absolute atomic E-state index is 0.218. The summed E-state index contributed by atoms with van der Waals surface area (Å²) in [5.74, 6) is -0.218. The van der Waals surface area contributed by atoms with Gasteiger partial charge in [-0.2, -0.15) is 0 Å². The predicted molar refractivity (Wildman–Crippen MR) is 78.5 cm³/mol. The Morgan fingerprint density at radius 1 is 1.20 bits per heavy atom. The molecule has 3 nitrogen and oxygen atoms in total. The third-order valence-electron chi connectivity index (χ3n) is 4.18. The van der Waals surface area contributed by atoms with Crippen molar-refractivity contribution in [2.75, 3.05) is 6.61 Å². The van der Waals surface area contributed by atoms with Crippen LogP contribution in [0.15, 0.2) is 24.3 Å². The van der Waals surface area contributed by atoms with Crippen LogP contribution in [0, 0.1) is 6.92 Å². The SMILES string of the molecule is CCCC1(C(=O)OCC)OC1(CC)c1ccc(C)cc1. The van der Waals surface area contributed by atoms with Gasteiger partial charge in [-0.05, 0) is 32.3 Å². The average Bonchev–Trinajstić information content (AvgIpc) is 3.11. The van der Waals surface area contributed by atoms with Gasteiger partial charge in [-0.1, -0.05) is 50.1 Å². The Balaban J connectivity index is 2.36. The van der Waals surface area contributed by atoms with E-state index in [4.69, 9.17) is 9.47 Å². The van der Waals surface area contributed by atoms with Gasteiger partial charge in [-0.25, -0.2) is 4.79 Å². The van der Waals surface area contributed by atoms with E-state index < -0.39 is 11.2 Å². The molecule has 0 bridgehead atoms. The molecule has 3 heteroatoms. The van der Waals surface area contributed by atoms with Crippen molar-refractivity contribution in [3.63, 3.8) is 0 Å². The molecule has 20 heavy (non-hydrogen) atoms. The molecule has 0 N–H and O–H groups in total. The molecule has 0 saturated carbocycles. The normalized spacial score (nSPS) is 28.2. The summed E-state index contributed by atoms with van der Waals surface area (Å²) in [5.41, 5.74) is 0.982. The van der Waals surface area contributed by atoms with Crippen molar-refractivity contribution in [2.45, 2.75) is 58.2 Å². The van der Waals surface area contributed by atoms with E-state index >= 15 is 0 Å². The number of hydrogen-bond donors (Lipinski definition) is 0. The molecule has 110 valence electrons. The van der Waals surface area contributed by atoms with E-state index in [1.807, 2.05) is 6.92 Å². The molecule has 1 fully saturated rings. The number of carbonyl (C=O) groups is 1. The van der Waals surface area contributed by atoms with Gasteiger partial charge in [0.05, 0.1) is 6.61 Å². The maximum absolute atomic E-state index is 12.4. The summed E-state index contributed by atoms with van der Waals surface area (Å²) in [4.78, 5) is 12.4. The number of aryl methyl sites for hydroxylation is 1. The van der Waals surface area contributed by atoms with Crippen molar-refractivity contribution >= 4 is 5.97 Å². The first-order chi connectivity index (χ1) is 9.56. The summed E-state index contributed by atoms with van der Waals surface area (Å²) in [6.45, 7) is 8.41. The summed E-state index contributed by atoms with van der Waals surface area (Å²) in [5, 5.41) is 0. The largest absolute Gasteiger partial charge is 0.464 e. The Bertz CT molecular complexity index is 480. The molecule has 0 radical (unpaired) electrons. The van der Waals surface area contributed by atoms with Crippen molar-refractivity contribution < 1.29 is 14.3 Å². The highest BCUT2D eigenvalue weighted by molar-refractivity contribution is 5.85. The van der Waals surface area contributed by atoms with Crippen molar-refractivity contribution in [3.05, 3.63) is 35.4 Å². The van der Waals surface area contributed by atoms with E-state index in [9.17, 15) is 4.79 Å².